The zero-order valence-corrected chi connectivity index (χ0v) is 13.4. The van der Waals surface area contributed by atoms with Gasteiger partial charge in [0, 0.05) is 51.7 Å². The summed E-state index contributed by atoms with van der Waals surface area (Å²) in [5.74, 6) is -0.0175. The molecule has 132 valence electrons. The van der Waals surface area contributed by atoms with Gasteiger partial charge in [0.05, 0.1) is 6.54 Å². The van der Waals surface area contributed by atoms with Gasteiger partial charge in [0.25, 0.3) is 0 Å². The van der Waals surface area contributed by atoms with Crippen LogP contribution in [-0.2, 0) is 4.79 Å². The van der Waals surface area contributed by atoms with E-state index in [1.807, 2.05) is 0 Å². The molecule has 0 radical (unpaired) electrons. The van der Waals surface area contributed by atoms with Crippen molar-refractivity contribution in [1.82, 2.24) is 20.0 Å². The molecule has 2 heterocycles. The maximum atomic E-state index is 12.5. The molecule has 0 aromatic heterocycles. The van der Waals surface area contributed by atoms with Crippen LogP contribution in [0, 0.1) is 0 Å². The van der Waals surface area contributed by atoms with Crippen LogP contribution in [-0.4, -0.2) is 84.2 Å². The minimum absolute atomic E-state index is 0.0175. The van der Waals surface area contributed by atoms with E-state index in [2.05, 4.69) is 5.32 Å². The van der Waals surface area contributed by atoms with Crippen LogP contribution in [0.2, 0.25) is 0 Å². The Morgan fingerprint density at radius 3 is 2.35 bits per heavy atom. The minimum atomic E-state index is -4.22. The van der Waals surface area contributed by atoms with E-state index in [0.29, 0.717) is 19.5 Å². The van der Waals surface area contributed by atoms with Crippen LogP contribution >= 0.6 is 0 Å². The van der Waals surface area contributed by atoms with Gasteiger partial charge in [-0.25, -0.2) is 4.79 Å². The number of amides is 3. The number of urea groups is 1. The van der Waals surface area contributed by atoms with Crippen LogP contribution in [0.3, 0.4) is 0 Å². The Balaban J connectivity index is 1.80. The number of nitrogens with zero attached hydrogens (tertiary/aromatic N) is 3. The van der Waals surface area contributed by atoms with Crippen molar-refractivity contribution >= 4 is 11.9 Å². The third kappa shape index (κ3) is 4.98. The third-order valence-corrected chi connectivity index (χ3v) is 4.40. The lowest BCUT2D eigenvalue weighted by atomic mass is 10.2. The molecule has 0 spiro atoms. The van der Waals surface area contributed by atoms with E-state index in [1.54, 1.807) is 16.7 Å². The second kappa shape index (κ2) is 6.94. The summed E-state index contributed by atoms with van der Waals surface area (Å²) in [5.41, 5.74) is 0. The van der Waals surface area contributed by atoms with E-state index in [-0.39, 0.29) is 43.7 Å². The van der Waals surface area contributed by atoms with E-state index in [4.69, 9.17) is 0 Å². The largest absolute Gasteiger partial charge is 0.401 e. The first kappa shape index (κ1) is 17.8. The summed E-state index contributed by atoms with van der Waals surface area (Å²) in [4.78, 5) is 28.1. The van der Waals surface area contributed by atoms with E-state index < -0.39 is 12.7 Å². The Labute approximate surface area is 133 Å². The highest BCUT2D eigenvalue weighted by Gasteiger charge is 2.36. The van der Waals surface area contributed by atoms with Crippen LogP contribution in [0.15, 0.2) is 0 Å². The van der Waals surface area contributed by atoms with Gasteiger partial charge in [-0.15, -0.1) is 0 Å². The number of nitrogens with one attached hydrogen (secondary N) is 1. The fraction of sp³-hybridized carbons (Fsp3) is 0.857. The van der Waals surface area contributed by atoms with Gasteiger partial charge in [0.2, 0.25) is 5.91 Å². The highest BCUT2D eigenvalue weighted by Crippen LogP contribution is 2.20. The van der Waals surface area contributed by atoms with Crippen molar-refractivity contribution < 1.29 is 22.8 Å². The standard InChI is InChI=1S/C14H23F3N4O2/c1-10-7-20(5-6-21(10)9-14(15,16)17)13(23)18-12-3-4-19(8-12)11(2)22/h10,12H,3-9H2,1-2H3,(H,18,23)/t10-,12+/m0/s1. The number of hydrogen-bond donors (Lipinski definition) is 1. The lowest BCUT2D eigenvalue weighted by Crippen LogP contribution is -2.58. The highest BCUT2D eigenvalue weighted by molar-refractivity contribution is 5.76. The summed E-state index contributed by atoms with van der Waals surface area (Å²) in [6.07, 6.45) is -3.52. The van der Waals surface area contributed by atoms with E-state index in [1.165, 1.54) is 11.8 Å². The fourth-order valence-corrected chi connectivity index (χ4v) is 3.07. The summed E-state index contributed by atoms with van der Waals surface area (Å²) in [6, 6.07) is -0.692. The molecular weight excluding hydrogens is 313 g/mol. The number of halogens is 3. The molecule has 0 aliphatic carbocycles. The Hall–Kier alpha value is -1.51. The lowest BCUT2D eigenvalue weighted by molar-refractivity contribution is -0.153. The van der Waals surface area contributed by atoms with E-state index in [0.717, 1.165) is 0 Å². The SMILES string of the molecule is CC(=O)N1CC[C@@H](NC(=O)N2CCN(CC(F)(F)F)[C@@H](C)C2)C1. The Bertz CT molecular complexity index is 458. The average Bonchev–Trinajstić information content (AvgIpc) is 2.88. The second-order valence-electron chi connectivity index (χ2n) is 6.28. The van der Waals surface area contributed by atoms with Crippen molar-refractivity contribution in [1.29, 1.82) is 0 Å². The molecule has 2 fully saturated rings. The molecule has 2 aliphatic rings. The Morgan fingerprint density at radius 2 is 1.83 bits per heavy atom. The number of alkyl halides is 3. The van der Waals surface area contributed by atoms with E-state index in [9.17, 15) is 22.8 Å². The predicted octanol–water partition coefficient (Wildman–Crippen LogP) is 0.885. The molecule has 0 saturated carbocycles. The molecule has 1 N–H and O–H groups in total. The van der Waals surface area contributed by atoms with Crippen molar-refractivity contribution in [2.75, 3.05) is 39.3 Å². The first-order chi connectivity index (χ1) is 10.7. The molecule has 2 saturated heterocycles. The maximum absolute atomic E-state index is 12.5. The molecule has 2 rings (SSSR count). The Kier molecular flexibility index (Phi) is 5.38. The van der Waals surface area contributed by atoms with Crippen LogP contribution in [0.1, 0.15) is 20.3 Å². The summed E-state index contributed by atoms with van der Waals surface area (Å²) >= 11 is 0. The predicted molar refractivity (Wildman–Crippen MR) is 77.9 cm³/mol. The molecule has 0 aromatic carbocycles. The summed E-state index contributed by atoms with van der Waals surface area (Å²) in [7, 11) is 0. The van der Waals surface area contributed by atoms with Crippen molar-refractivity contribution in [2.45, 2.75) is 38.5 Å². The van der Waals surface area contributed by atoms with Crippen LogP contribution in [0.25, 0.3) is 0 Å². The molecule has 0 aromatic rings. The monoisotopic (exact) mass is 336 g/mol. The molecule has 2 aliphatic heterocycles. The molecule has 0 unspecified atom stereocenters. The second-order valence-corrected chi connectivity index (χ2v) is 6.28. The maximum Gasteiger partial charge on any atom is 0.401 e. The van der Waals surface area contributed by atoms with Crippen LogP contribution in [0.5, 0.6) is 0 Å². The van der Waals surface area contributed by atoms with Crippen molar-refractivity contribution in [3.05, 3.63) is 0 Å². The smallest absolute Gasteiger partial charge is 0.341 e. The van der Waals surface area contributed by atoms with Gasteiger partial charge in [0.1, 0.15) is 0 Å². The summed E-state index contributed by atoms with van der Waals surface area (Å²) < 4.78 is 37.4. The molecule has 3 amide bonds. The molecule has 0 bridgehead atoms. The van der Waals surface area contributed by atoms with Gasteiger partial charge in [-0.3, -0.25) is 9.69 Å². The highest BCUT2D eigenvalue weighted by atomic mass is 19.4. The van der Waals surface area contributed by atoms with Crippen molar-refractivity contribution in [3.63, 3.8) is 0 Å². The number of hydrogen-bond acceptors (Lipinski definition) is 3. The fourth-order valence-electron chi connectivity index (χ4n) is 3.07. The summed E-state index contributed by atoms with van der Waals surface area (Å²) in [6.45, 7) is 4.10. The van der Waals surface area contributed by atoms with Gasteiger partial charge >= 0.3 is 12.2 Å². The topological polar surface area (TPSA) is 55.9 Å². The van der Waals surface area contributed by atoms with Gasteiger partial charge in [-0.1, -0.05) is 0 Å². The van der Waals surface area contributed by atoms with Gasteiger partial charge in [0.15, 0.2) is 0 Å². The molecular formula is C14H23F3N4O2. The number of carbonyl (C=O) groups is 2. The number of piperazine rings is 1. The number of likely N-dealkylation sites (tertiary alicyclic amines) is 1. The zero-order valence-electron chi connectivity index (χ0n) is 13.4. The average molecular weight is 336 g/mol. The van der Waals surface area contributed by atoms with Gasteiger partial charge in [-0.05, 0) is 13.3 Å². The molecule has 6 nitrogen and oxygen atoms in total. The van der Waals surface area contributed by atoms with Crippen LogP contribution in [0.4, 0.5) is 18.0 Å². The molecule has 2 atom stereocenters. The first-order valence-corrected chi connectivity index (χ1v) is 7.77. The normalized spacial score (nSPS) is 26.5. The quantitative estimate of drug-likeness (QED) is 0.815. The Morgan fingerprint density at radius 1 is 1.13 bits per heavy atom. The van der Waals surface area contributed by atoms with E-state index >= 15 is 0 Å². The first-order valence-electron chi connectivity index (χ1n) is 7.77. The van der Waals surface area contributed by atoms with Crippen molar-refractivity contribution in [3.8, 4) is 0 Å². The number of carbonyl (C=O) groups excluding carboxylic acids is 2. The summed E-state index contributed by atoms with van der Waals surface area (Å²) in [5, 5.41) is 2.87. The zero-order chi connectivity index (χ0) is 17.2. The lowest BCUT2D eigenvalue weighted by Gasteiger charge is -2.40. The molecule has 23 heavy (non-hydrogen) atoms. The van der Waals surface area contributed by atoms with Crippen LogP contribution < -0.4 is 5.32 Å². The third-order valence-electron chi connectivity index (χ3n) is 4.40. The van der Waals surface area contributed by atoms with Gasteiger partial charge in [-0.2, -0.15) is 13.2 Å². The van der Waals surface area contributed by atoms with Gasteiger partial charge < -0.3 is 15.1 Å². The minimum Gasteiger partial charge on any atom is -0.341 e. The van der Waals surface area contributed by atoms with Crippen molar-refractivity contribution in [2.24, 2.45) is 0 Å². The number of rotatable bonds is 2. The molecule has 9 heteroatoms.